The Morgan fingerprint density at radius 2 is 1.62 bits per heavy atom. The first kappa shape index (κ1) is 35.6. The molecule has 0 spiro atoms. The van der Waals surface area contributed by atoms with Gasteiger partial charge < -0.3 is 29.1 Å². The van der Waals surface area contributed by atoms with Crippen molar-refractivity contribution in [2.75, 3.05) is 44.2 Å². The van der Waals surface area contributed by atoms with Crippen LogP contribution >= 0.6 is 11.6 Å². The highest BCUT2D eigenvalue weighted by atomic mass is 35.5. The van der Waals surface area contributed by atoms with Gasteiger partial charge in [0.2, 0.25) is 5.91 Å². The fourth-order valence-electron chi connectivity index (χ4n) is 6.76. The average molecular weight is 705 g/mol. The molecule has 11 nitrogen and oxygen atoms in total. The highest BCUT2D eigenvalue weighted by Crippen LogP contribution is 2.35. The fourth-order valence-corrected chi connectivity index (χ4v) is 6.98. The largest absolute Gasteiger partial charge is 0.478 e. The van der Waals surface area contributed by atoms with Crippen LogP contribution < -0.4 is 9.64 Å². The number of nitrogens with one attached hydrogen (secondary N) is 1. The zero-order valence-electron chi connectivity index (χ0n) is 29.8. The number of ether oxygens (including phenoxy) is 2. The molecule has 0 bridgehead atoms. The third-order valence-electron chi connectivity index (χ3n) is 9.51. The smallest absolute Gasteiger partial charge is 0.410 e. The second kappa shape index (κ2) is 14.5. The molecule has 3 heterocycles. The van der Waals surface area contributed by atoms with Crippen LogP contribution in [-0.4, -0.2) is 99.3 Å². The minimum Gasteiger partial charge on any atom is -0.478 e. The maximum Gasteiger partial charge on any atom is 0.410 e. The van der Waals surface area contributed by atoms with Gasteiger partial charge in [0.15, 0.2) is 5.60 Å². The summed E-state index contributed by atoms with van der Waals surface area (Å²) >= 11 is 6.62. The summed E-state index contributed by atoms with van der Waals surface area (Å²) < 4.78 is 11.8. The molecule has 0 radical (unpaired) electrons. The Balaban J connectivity index is 1.07. The van der Waals surface area contributed by atoms with Gasteiger partial charge in [0.25, 0.3) is 5.91 Å². The summed E-state index contributed by atoms with van der Waals surface area (Å²) in [5, 5.41) is 7.40. The molecule has 50 heavy (non-hydrogen) atoms. The van der Waals surface area contributed by atoms with E-state index in [0.29, 0.717) is 50.0 Å². The van der Waals surface area contributed by atoms with Gasteiger partial charge >= 0.3 is 6.09 Å². The summed E-state index contributed by atoms with van der Waals surface area (Å²) in [6.45, 7) is 12.6. The molecule has 268 valence electrons. The molecule has 12 heteroatoms. The number of amides is 3. The lowest BCUT2D eigenvalue weighted by Gasteiger charge is -2.39. The van der Waals surface area contributed by atoms with E-state index in [0.717, 1.165) is 54.6 Å². The van der Waals surface area contributed by atoms with E-state index in [9.17, 15) is 14.4 Å². The molecule has 3 fully saturated rings. The SMILES string of the molecule is CC(C)(C)OC(=O)N1CCN(C(=O)C(C)(C)Oc2cc(Cl)cc(N3CCC[C@@H](C(=O)N(Cc4ccc(-c5cn[nH]c5)cc4)C4CC4)C3)c2)CC1. The van der Waals surface area contributed by atoms with Gasteiger partial charge in [0, 0.05) is 80.4 Å². The van der Waals surface area contributed by atoms with Gasteiger partial charge in [0.1, 0.15) is 11.4 Å². The maximum atomic E-state index is 14.0. The Labute approximate surface area is 299 Å². The molecular formula is C38H49ClN6O5. The minimum atomic E-state index is -1.17. The number of hydrogen-bond acceptors (Lipinski definition) is 7. The van der Waals surface area contributed by atoms with Crippen LogP contribution in [0.15, 0.2) is 54.9 Å². The van der Waals surface area contributed by atoms with Crippen LogP contribution in [0, 0.1) is 5.92 Å². The van der Waals surface area contributed by atoms with Crippen molar-refractivity contribution in [3.8, 4) is 16.9 Å². The van der Waals surface area contributed by atoms with Gasteiger partial charge in [-0.15, -0.1) is 0 Å². The van der Waals surface area contributed by atoms with Gasteiger partial charge in [-0.1, -0.05) is 35.9 Å². The molecule has 3 amide bonds. The summed E-state index contributed by atoms with van der Waals surface area (Å²) in [4.78, 5) is 47.8. The van der Waals surface area contributed by atoms with Gasteiger partial charge in [-0.25, -0.2) is 4.79 Å². The van der Waals surface area contributed by atoms with Crippen molar-refractivity contribution >= 4 is 35.2 Å². The van der Waals surface area contributed by atoms with E-state index in [1.165, 1.54) is 0 Å². The topological polar surface area (TPSA) is 111 Å². The van der Waals surface area contributed by atoms with Crippen molar-refractivity contribution in [2.24, 2.45) is 5.92 Å². The number of nitrogens with zero attached hydrogens (tertiary/aromatic N) is 5. The summed E-state index contributed by atoms with van der Waals surface area (Å²) in [6.07, 6.45) is 7.11. The molecule has 1 saturated carbocycles. The Morgan fingerprint density at radius 3 is 2.26 bits per heavy atom. The number of hydrogen-bond donors (Lipinski definition) is 1. The second-order valence-corrected chi connectivity index (χ2v) is 15.6. The van der Waals surface area contributed by atoms with Crippen LogP contribution in [0.2, 0.25) is 5.02 Å². The summed E-state index contributed by atoms with van der Waals surface area (Å²) in [5.74, 6) is 0.399. The molecule has 3 aromatic rings. The van der Waals surface area contributed by atoms with Crippen LogP contribution in [0.3, 0.4) is 0 Å². The third kappa shape index (κ3) is 8.72. The van der Waals surface area contributed by atoms with Crippen LogP contribution in [0.25, 0.3) is 11.1 Å². The highest BCUT2D eigenvalue weighted by molar-refractivity contribution is 6.31. The lowest BCUT2D eigenvalue weighted by molar-refractivity contribution is -0.147. The molecule has 6 rings (SSSR count). The van der Waals surface area contributed by atoms with E-state index in [4.69, 9.17) is 21.1 Å². The van der Waals surface area contributed by atoms with Crippen molar-refractivity contribution in [3.63, 3.8) is 0 Å². The number of halogens is 1. The van der Waals surface area contributed by atoms with Gasteiger partial charge in [-0.2, -0.15) is 5.10 Å². The Kier molecular flexibility index (Phi) is 10.3. The van der Waals surface area contributed by atoms with Crippen molar-refractivity contribution < 1.29 is 23.9 Å². The van der Waals surface area contributed by atoms with E-state index in [-0.39, 0.29) is 29.9 Å². The summed E-state index contributed by atoms with van der Waals surface area (Å²) in [5.41, 5.74) is 2.36. The number of carbonyl (C=O) groups is 3. The first-order valence-corrected chi connectivity index (χ1v) is 18.0. The predicted molar refractivity (Wildman–Crippen MR) is 193 cm³/mol. The highest BCUT2D eigenvalue weighted by Gasteiger charge is 2.39. The molecule has 1 N–H and O–H groups in total. The van der Waals surface area contributed by atoms with Crippen LogP contribution in [-0.2, 0) is 20.9 Å². The number of piperidine rings is 1. The molecule has 2 saturated heterocycles. The molecule has 1 atom stereocenters. The molecule has 0 unspecified atom stereocenters. The van der Waals surface area contributed by atoms with Crippen molar-refractivity contribution in [1.29, 1.82) is 0 Å². The van der Waals surface area contributed by atoms with Gasteiger partial charge in [-0.3, -0.25) is 14.7 Å². The number of rotatable bonds is 9. The normalized spacial score (nSPS) is 18.5. The zero-order valence-corrected chi connectivity index (χ0v) is 30.5. The maximum absolute atomic E-state index is 14.0. The third-order valence-corrected chi connectivity index (χ3v) is 9.73. The minimum absolute atomic E-state index is 0.129. The van der Waals surface area contributed by atoms with E-state index in [2.05, 4.69) is 44.3 Å². The quantitative estimate of drug-likeness (QED) is 0.276. The van der Waals surface area contributed by atoms with E-state index < -0.39 is 11.2 Å². The molecule has 2 aliphatic heterocycles. The monoisotopic (exact) mass is 704 g/mol. The van der Waals surface area contributed by atoms with Crippen LogP contribution in [0.5, 0.6) is 5.75 Å². The Bertz CT molecular complexity index is 1660. The number of aromatic nitrogens is 2. The average Bonchev–Trinajstić information content (AvgIpc) is 3.77. The van der Waals surface area contributed by atoms with Crippen LogP contribution in [0.4, 0.5) is 10.5 Å². The van der Waals surface area contributed by atoms with Gasteiger partial charge in [-0.05, 0) is 83.6 Å². The number of aromatic amines is 1. The molecular weight excluding hydrogens is 656 g/mol. The number of piperazine rings is 1. The van der Waals surface area contributed by atoms with E-state index in [1.54, 1.807) is 35.9 Å². The summed E-state index contributed by atoms with van der Waals surface area (Å²) in [6, 6.07) is 14.2. The van der Waals surface area contributed by atoms with E-state index in [1.807, 2.05) is 39.1 Å². The first-order valence-electron chi connectivity index (χ1n) is 17.7. The first-order chi connectivity index (χ1) is 23.8. The van der Waals surface area contributed by atoms with Crippen LogP contribution in [0.1, 0.15) is 65.9 Å². The van der Waals surface area contributed by atoms with Crippen molar-refractivity contribution in [2.45, 2.75) is 84.1 Å². The molecule has 1 aliphatic carbocycles. The Morgan fingerprint density at radius 1 is 0.920 bits per heavy atom. The lowest BCUT2D eigenvalue weighted by Crippen LogP contribution is -2.57. The zero-order chi connectivity index (χ0) is 35.6. The number of H-pyrrole nitrogens is 1. The predicted octanol–water partition coefficient (Wildman–Crippen LogP) is 6.37. The second-order valence-electron chi connectivity index (χ2n) is 15.2. The fraction of sp³-hybridized carbons (Fsp3) is 0.526. The van der Waals surface area contributed by atoms with Gasteiger partial charge in [0.05, 0.1) is 12.1 Å². The van der Waals surface area contributed by atoms with E-state index >= 15 is 0 Å². The molecule has 1 aromatic heterocycles. The molecule has 2 aromatic carbocycles. The lowest BCUT2D eigenvalue weighted by atomic mass is 9.95. The summed E-state index contributed by atoms with van der Waals surface area (Å²) in [7, 11) is 0. The number of carbonyl (C=O) groups excluding carboxylic acids is 3. The number of benzene rings is 2. The van der Waals surface area contributed by atoms with Crippen molar-refractivity contribution in [1.82, 2.24) is 24.9 Å². The number of anilines is 1. The van der Waals surface area contributed by atoms with Crippen molar-refractivity contribution in [3.05, 3.63) is 65.4 Å². The molecule has 3 aliphatic rings. The Hall–Kier alpha value is -4.25. The standard InChI is InChI=1S/C38H49ClN6O5/c1-37(2,3)50-36(48)43-17-15-42(16-18-43)35(47)38(4,5)49-33-20-30(39)19-32(21-33)44-14-6-7-28(25-44)34(46)45(31-12-13-31)24-26-8-10-27(11-9-26)29-22-40-41-23-29/h8-11,19-23,28,31H,6-7,12-18,24-25H2,1-5H3,(H,40,41)/t28-/m1/s1.